The lowest BCUT2D eigenvalue weighted by Gasteiger charge is -2.32. The summed E-state index contributed by atoms with van der Waals surface area (Å²) in [5, 5.41) is 3.89. The average molecular weight is 334 g/mol. The van der Waals surface area contributed by atoms with Gasteiger partial charge in [-0.3, -0.25) is 0 Å². The molecule has 0 amide bonds. The van der Waals surface area contributed by atoms with Gasteiger partial charge in [-0.15, -0.1) is 0 Å². The highest BCUT2D eigenvalue weighted by Crippen LogP contribution is 2.45. The molecule has 0 spiro atoms. The number of furan rings is 1. The van der Waals surface area contributed by atoms with Crippen LogP contribution in [0.4, 0.5) is 0 Å². The van der Waals surface area contributed by atoms with Crippen LogP contribution in [0.25, 0.3) is 38.9 Å². The van der Waals surface area contributed by atoms with Crippen LogP contribution in [0.3, 0.4) is 0 Å². The zero-order chi connectivity index (χ0) is 17.3. The van der Waals surface area contributed by atoms with E-state index >= 15 is 0 Å². The first-order chi connectivity index (χ1) is 12.8. The summed E-state index contributed by atoms with van der Waals surface area (Å²) in [6.45, 7) is 0. The summed E-state index contributed by atoms with van der Waals surface area (Å²) in [5.74, 6) is 1.92. The van der Waals surface area contributed by atoms with E-state index in [4.69, 9.17) is 4.42 Å². The van der Waals surface area contributed by atoms with E-state index in [1.807, 2.05) is 0 Å². The topological polar surface area (TPSA) is 13.1 Å². The Balaban J connectivity index is 1.56. The SMILES string of the molecule is Bc1ccc(-c2ccc3c4c(oc3c2)CC2CCC2=C4)c2ccccc12. The smallest absolute Gasteiger partial charge is 0.140 e. The molecule has 2 heteroatoms. The van der Waals surface area contributed by atoms with Crippen LogP contribution in [0.5, 0.6) is 0 Å². The van der Waals surface area contributed by atoms with E-state index in [0.29, 0.717) is 0 Å². The van der Waals surface area contributed by atoms with Crippen molar-refractivity contribution >= 4 is 41.1 Å². The first-order valence-electron chi connectivity index (χ1n) is 9.52. The standard InChI is InChI=1S/C24H19BO/c25-22-10-9-17(18-3-1-2-4-19(18)22)16-7-8-20-21-11-14-5-6-15(14)12-24(21)26-23(20)13-16/h1-4,7-11,13,15H,5-6,12,25H2. The molecule has 26 heavy (non-hydrogen) atoms. The van der Waals surface area contributed by atoms with Gasteiger partial charge in [-0.1, -0.05) is 59.6 Å². The van der Waals surface area contributed by atoms with Gasteiger partial charge < -0.3 is 4.42 Å². The molecule has 1 aromatic heterocycles. The largest absolute Gasteiger partial charge is 0.460 e. The lowest BCUT2D eigenvalue weighted by Crippen LogP contribution is -2.20. The van der Waals surface area contributed by atoms with Crippen molar-refractivity contribution < 1.29 is 4.42 Å². The van der Waals surface area contributed by atoms with Gasteiger partial charge in [-0.25, -0.2) is 0 Å². The van der Waals surface area contributed by atoms with Crippen molar-refractivity contribution in [1.29, 1.82) is 0 Å². The summed E-state index contributed by atoms with van der Waals surface area (Å²) in [4.78, 5) is 0. The van der Waals surface area contributed by atoms with Crippen molar-refractivity contribution in [3.05, 3.63) is 71.5 Å². The minimum atomic E-state index is 0.739. The van der Waals surface area contributed by atoms with Gasteiger partial charge in [0, 0.05) is 17.4 Å². The van der Waals surface area contributed by atoms with Crippen LogP contribution >= 0.6 is 0 Å². The van der Waals surface area contributed by atoms with E-state index < -0.39 is 0 Å². The molecule has 1 unspecified atom stereocenters. The molecule has 0 radical (unpaired) electrons. The van der Waals surface area contributed by atoms with Gasteiger partial charge in [0.1, 0.15) is 19.2 Å². The lowest BCUT2D eigenvalue weighted by atomic mass is 9.72. The normalized spacial score (nSPS) is 18.3. The van der Waals surface area contributed by atoms with Gasteiger partial charge in [0.15, 0.2) is 0 Å². The van der Waals surface area contributed by atoms with Crippen LogP contribution in [-0.4, -0.2) is 7.85 Å². The molecule has 1 heterocycles. The fourth-order valence-electron chi connectivity index (χ4n) is 4.69. The number of benzene rings is 3. The lowest BCUT2D eigenvalue weighted by molar-refractivity contribution is 0.398. The molecule has 4 aromatic rings. The summed E-state index contributed by atoms with van der Waals surface area (Å²) in [5.41, 5.74) is 7.80. The molecule has 0 aliphatic heterocycles. The van der Waals surface area contributed by atoms with Crippen LogP contribution in [0.1, 0.15) is 24.2 Å². The number of hydrogen-bond acceptors (Lipinski definition) is 1. The Hall–Kier alpha value is -2.74. The highest BCUT2D eigenvalue weighted by Gasteiger charge is 2.31. The van der Waals surface area contributed by atoms with E-state index in [2.05, 4.69) is 68.5 Å². The van der Waals surface area contributed by atoms with Crippen LogP contribution in [-0.2, 0) is 6.42 Å². The van der Waals surface area contributed by atoms with Crippen molar-refractivity contribution in [2.24, 2.45) is 5.92 Å². The number of fused-ring (bicyclic) bond motifs is 5. The van der Waals surface area contributed by atoms with Gasteiger partial charge >= 0.3 is 0 Å². The van der Waals surface area contributed by atoms with E-state index in [0.717, 1.165) is 17.9 Å². The molecule has 0 bridgehead atoms. The molecule has 6 rings (SSSR count). The first-order valence-corrected chi connectivity index (χ1v) is 9.52. The zero-order valence-electron chi connectivity index (χ0n) is 14.9. The molecule has 3 aromatic carbocycles. The first kappa shape index (κ1) is 14.4. The Bertz CT molecular complexity index is 1230. The van der Waals surface area contributed by atoms with Gasteiger partial charge in [0.2, 0.25) is 0 Å². The minimum Gasteiger partial charge on any atom is -0.460 e. The summed E-state index contributed by atoms with van der Waals surface area (Å²) in [7, 11) is 2.18. The predicted octanol–water partition coefficient (Wildman–Crippen LogP) is 4.86. The molecule has 124 valence electrons. The van der Waals surface area contributed by atoms with Crippen LogP contribution in [0.15, 0.2) is 64.6 Å². The molecule has 2 aliphatic rings. The number of allylic oxidation sites excluding steroid dienone is 1. The predicted molar refractivity (Wildman–Crippen MR) is 112 cm³/mol. The molecule has 1 saturated carbocycles. The van der Waals surface area contributed by atoms with Crippen LogP contribution < -0.4 is 5.46 Å². The van der Waals surface area contributed by atoms with Crippen molar-refractivity contribution in [3.8, 4) is 11.1 Å². The third-order valence-electron chi connectivity index (χ3n) is 6.33. The third-order valence-corrected chi connectivity index (χ3v) is 6.33. The maximum atomic E-state index is 6.30. The fourth-order valence-corrected chi connectivity index (χ4v) is 4.69. The summed E-state index contributed by atoms with van der Waals surface area (Å²) in [6.07, 6.45) is 6.06. The molecule has 1 nitrogen and oxygen atoms in total. The molecule has 0 saturated heterocycles. The summed E-state index contributed by atoms with van der Waals surface area (Å²) >= 11 is 0. The Kier molecular flexibility index (Phi) is 2.85. The number of hydrogen-bond donors (Lipinski definition) is 0. The summed E-state index contributed by atoms with van der Waals surface area (Å²) in [6, 6.07) is 19.9. The second-order valence-electron chi connectivity index (χ2n) is 7.78. The highest BCUT2D eigenvalue weighted by atomic mass is 16.3. The molecule has 0 N–H and O–H groups in total. The van der Waals surface area contributed by atoms with Crippen molar-refractivity contribution in [2.45, 2.75) is 19.3 Å². The quantitative estimate of drug-likeness (QED) is 0.453. The second kappa shape index (κ2) is 5.14. The maximum Gasteiger partial charge on any atom is 0.140 e. The van der Waals surface area contributed by atoms with Crippen LogP contribution in [0.2, 0.25) is 0 Å². The van der Waals surface area contributed by atoms with Crippen molar-refractivity contribution in [1.82, 2.24) is 0 Å². The van der Waals surface area contributed by atoms with E-state index in [1.54, 1.807) is 5.57 Å². The zero-order valence-corrected chi connectivity index (χ0v) is 14.9. The van der Waals surface area contributed by atoms with E-state index in [9.17, 15) is 0 Å². The van der Waals surface area contributed by atoms with Crippen molar-refractivity contribution in [2.75, 3.05) is 0 Å². The second-order valence-corrected chi connectivity index (χ2v) is 7.78. The highest BCUT2D eigenvalue weighted by molar-refractivity contribution is 6.39. The van der Waals surface area contributed by atoms with Gasteiger partial charge in [-0.2, -0.15) is 0 Å². The Morgan fingerprint density at radius 3 is 2.65 bits per heavy atom. The van der Waals surface area contributed by atoms with Crippen molar-refractivity contribution in [3.63, 3.8) is 0 Å². The maximum absolute atomic E-state index is 6.30. The molecule has 1 fully saturated rings. The molecule has 1 atom stereocenters. The minimum absolute atomic E-state index is 0.739. The Morgan fingerprint density at radius 2 is 1.81 bits per heavy atom. The van der Waals surface area contributed by atoms with E-state index in [-0.39, 0.29) is 0 Å². The molecular formula is C24H19BO. The summed E-state index contributed by atoms with van der Waals surface area (Å²) < 4.78 is 6.30. The molecular weight excluding hydrogens is 315 g/mol. The Morgan fingerprint density at radius 1 is 0.923 bits per heavy atom. The molecule has 2 aliphatic carbocycles. The monoisotopic (exact) mass is 334 g/mol. The van der Waals surface area contributed by atoms with Gasteiger partial charge in [-0.05, 0) is 52.8 Å². The van der Waals surface area contributed by atoms with Crippen LogP contribution in [0, 0.1) is 5.92 Å². The number of rotatable bonds is 1. The average Bonchev–Trinajstić information content (AvgIpc) is 3.00. The van der Waals surface area contributed by atoms with Gasteiger partial charge in [0.25, 0.3) is 0 Å². The van der Waals surface area contributed by atoms with Gasteiger partial charge in [0.05, 0.1) is 0 Å². The third kappa shape index (κ3) is 1.93. The fraction of sp³-hybridized carbons (Fsp3) is 0.167. The van der Waals surface area contributed by atoms with E-state index in [1.165, 1.54) is 56.9 Å². The Labute approximate surface area is 153 Å².